The summed E-state index contributed by atoms with van der Waals surface area (Å²) in [7, 11) is 0. The SMILES string of the molecule is CC(NC(=O)C1CSC(Cc2ccccc2F)C(=O)N1)C(C)C(=O)O. The van der Waals surface area contributed by atoms with Crippen molar-refractivity contribution >= 4 is 29.5 Å². The fourth-order valence-corrected chi connectivity index (χ4v) is 3.59. The third-order valence-electron chi connectivity index (χ3n) is 4.26. The highest BCUT2D eigenvalue weighted by molar-refractivity contribution is 8.00. The van der Waals surface area contributed by atoms with Gasteiger partial charge in [-0.1, -0.05) is 18.2 Å². The molecule has 0 aliphatic carbocycles. The largest absolute Gasteiger partial charge is 0.481 e. The number of hydrogen-bond donors (Lipinski definition) is 3. The monoisotopic (exact) mass is 368 g/mol. The Morgan fingerprint density at radius 3 is 2.68 bits per heavy atom. The second-order valence-corrected chi connectivity index (χ2v) is 7.34. The van der Waals surface area contributed by atoms with E-state index in [0.29, 0.717) is 11.3 Å². The molecule has 1 heterocycles. The lowest BCUT2D eigenvalue weighted by Crippen LogP contribution is -2.56. The molecule has 0 radical (unpaired) electrons. The van der Waals surface area contributed by atoms with Crippen LogP contribution in [0.25, 0.3) is 0 Å². The molecule has 2 rings (SSSR count). The van der Waals surface area contributed by atoms with E-state index in [4.69, 9.17) is 5.11 Å². The van der Waals surface area contributed by atoms with E-state index in [1.807, 2.05) is 0 Å². The first kappa shape index (κ1) is 19.2. The molecule has 2 amide bonds. The zero-order valence-corrected chi connectivity index (χ0v) is 14.8. The minimum absolute atomic E-state index is 0.254. The lowest BCUT2D eigenvalue weighted by molar-refractivity contribution is -0.142. The molecule has 25 heavy (non-hydrogen) atoms. The summed E-state index contributed by atoms with van der Waals surface area (Å²) in [5, 5.41) is 13.8. The van der Waals surface area contributed by atoms with Crippen molar-refractivity contribution in [2.75, 3.05) is 5.75 Å². The maximum atomic E-state index is 13.7. The Kier molecular flexibility index (Phi) is 6.41. The second kappa shape index (κ2) is 8.33. The fraction of sp³-hybridized carbons (Fsp3) is 0.471. The molecule has 4 unspecified atom stereocenters. The van der Waals surface area contributed by atoms with Gasteiger partial charge in [0.05, 0.1) is 11.2 Å². The molecule has 8 heteroatoms. The maximum Gasteiger partial charge on any atom is 0.308 e. The molecule has 1 aliphatic heterocycles. The molecule has 3 N–H and O–H groups in total. The van der Waals surface area contributed by atoms with Crippen LogP contribution in [0.15, 0.2) is 24.3 Å². The highest BCUT2D eigenvalue weighted by Gasteiger charge is 2.34. The second-order valence-electron chi connectivity index (χ2n) is 6.10. The average molecular weight is 368 g/mol. The van der Waals surface area contributed by atoms with Gasteiger partial charge in [-0.25, -0.2) is 4.39 Å². The standard InChI is InChI=1S/C17H21FN2O4S/c1-9(17(23)24)10(2)19-15(21)13-8-25-14(16(22)20-13)7-11-5-3-4-6-12(11)18/h3-6,9-10,13-14H,7-8H2,1-2H3,(H,19,21)(H,20,22)(H,23,24). The van der Waals surface area contributed by atoms with Gasteiger partial charge in [0.2, 0.25) is 11.8 Å². The van der Waals surface area contributed by atoms with Gasteiger partial charge in [-0.15, -0.1) is 11.8 Å². The van der Waals surface area contributed by atoms with E-state index in [2.05, 4.69) is 10.6 Å². The van der Waals surface area contributed by atoms with Crippen molar-refractivity contribution in [2.24, 2.45) is 5.92 Å². The van der Waals surface area contributed by atoms with Crippen LogP contribution in [0.2, 0.25) is 0 Å². The minimum atomic E-state index is -1.00. The van der Waals surface area contributed by atoms with E-state index >= 15 is 0 Å². The topological polar surface area (TPSA) is 95.5 Å². The number of carboxylic acids is 1. The molecule has 1 saturated heterocycles. The summed E-state index contributed by atoms with van der Waals surface area (Å²) >= 11 is 1.30. The van der Waals surface area contributed by atoms with Gasteiger partial charge in [-0.2, -0.15) is 0 Å². The van der Waals surface area contributed by atoms with Crippen molar-refractivity contribution in [1.82, 2.24) is 10.6 Å². The van der Waals surface area contributed by atoms with Gasteiger partial charge in [0, 0.05) is 11.8 Å². The first-order valence-electron chi connectivity index (χ1n) is 7.98. The molecule has 136 valence electrons. The van der Waals surface area contributed by atoms with E-state index in [9.17, 15) is 18.8 Å². The van der Waals surface area contributed by atoms with Crippen LogP contribution in [-0.4, -0.2) is 46.0 Å². The number of hydrogen-bond acceptors (Lipinski definition) is 4. The highest BCUT2D eigenvalue weighted by Crippen LogP contribution is 2.23. The summed E-state index contributed by atoms with van der Waals surface area (Å²) in [6.07, 6.45) is 0.254. The lowest BCUT2D eigenvalue weighted by atomic mass is 10.0. The van der Waals surface area contributed by atoms with Crippen LogP contribution in [0, 0.1) is 11.7 Å². The van der Waals surface area contributed by atoms with E-state index in [1.54, 1.807) is 25.1 Å². The van der Waals surface area contributed by atoms with Crippen molar-refractivity contribution in [2.45, 2.75) is 37.6 Å². The minimum Gasteiger partial charge on any atom is -0.481 e. The van der Waals surface area contributed by atoms with Gasteiger partial charge >= 0.3 is 5.97 Å². The zero-order valence-electron chi connectivity index (χ0n) is 14.0. The van der Waals surface area contributed by atoms with Gasteiger partial charge in [0.15, 0.2) is 0 Å². The van der Waals surface area contributed by atoms with Crippen molar-refractivity contribution in [3.05, 3.63) is 35.6 Å². The van der Waals surface area contributed by atoms with Crippen molar-refractivity contribution < 1.29 is 23.9 Å². The van der Waals surface area contributed by atoms with Gasteiger partial charge in [-0.05, 0) is 31.9 Å². The van der Waals surface area contributed by atoms with Crippen LogP contribution in [0.3, 0.4) is 0 Å². The molecule has 0 aromatic heterocycles. The van der Waals surface area contributed by atoms with E-state index < -0.39 is 35.1 Å². The predicted molar refractivity (Wildman–Crippen MR) is 92.7 cm³/mol. The third-order valence-corrected chi connectivity index (χ3v) is 5.57. The number of rotatable bonds is 6. The first-order valence-corrected chi connectivity index (χ1v) is 9.03. The third kappa shape index (κ3) is 4.94. The summed E-state index contributed by atoms with van der Waals surface area (Å²) < 4.78 is 13.7. The van der Waals surface area contributed by atoms with Crippen LogP contribution in [-0.2, 0) is 20.8 Å². The summed E-state index contributed by atoms with van der Waals surface area (Å²) in [4.78, 5) is 35.4. The molecule has 1 fully saturated rings. The quantitative estimate of drug-likeness (QED) is 0.701. The number of carboxylic acid groups (broad SMARTS) is 1. The molecule has 6 nitrogen and oxygen atoms in total. The normalized spacial score (nSPS) is 22.6. The molecule has 4 atom stereocenters. The number of nitrogens with one attached hydrogen (secondary N) is 2. The van der Waals surface area contributed by atoms with Gasteiger partial charge in [0.25, 0.3) is 0 Å². The van der Waals surface area contributed by atoms with Crippen LogP contribution in [0.1, 0.15) is 19.4 Å². The molecular formula is C17H21FN2O4S. The number of aliphatic carboxylic acids is 1. The molecule has 0 bridgehead atoms. The Morgan fingerprint density at radius 2 is 2.08 bits per heavy atom. The Hall–Kier alpha value is -2.09. The van der Waals surface area contributed by atoms with E-state index in [1.165, 1.54) is 24.8 Å². The molecule has 1 aromatic rings. The Labute approximate surface area is 149 Å². The Balaban J connectivity index is 1.90. The van der Waals surface area contributed by atoms with Crippen LogP contribution < -0.4 is 10.6 Å². The van der Waals surface area contributed by atoms with Crippen molar-refractivity contribution in [1.29, 1.82) is 0 Å². The Bertz CT molecular complexity index is 670. The molecule has 1 aromatic carbocycles. The predicted octanol–water partition coefficient (Wildman–Crippen LogP) is 1.19. The smallest absolute Gasteiger partial charge is 0.308 e. The number of amides is 2. The van der Waals surface area contributed by atoms with Crippen molar-refractivity contribution in [3.8, 4) is 0 Å². The van der Waals surface area contributed by atoms with Crippen LogP contribution in [0.4, 0.5) is 4.39 Å². The molecule has 0 spiro atoms. The van der Waals surface area contributed by atoms with E-state index in [-0.39, 0.29) is 18.1 Å². The average Bonchev–Trinajstić information content (AvgIpc) is 2.57. The lowest BCUT2D eigenvalue weighted by Gasteiger charge is -2.29. The van der Waals surface area contributed by atoms with Gasteiger partial charge in [0.1, 0.15) is 11.9 Å². The van der Waals surface area contributed by atoms with Crippen LogP contribution >= 0.6 is 11.8 Å². The summed E-state index contributed by atoms with van der Waals surface area (Å²) in [6.45, 7) is 3.11. The first-order chi connectivity index (χ1) is 11.8. The number of thioether (sulfide) groups is 1. The van der Waals surface area contributed by atoms with E-state index in [0.717, 1.165) is 0 Å². The highest BCUT2D eigenvalue weighted by atomic mass is 32.2. The van der Waals surface area contributed by atoms with Gasteiger partial charge in [-0.3, -0.25) is 14.4 Å². The van der Waals surface area contributed by atoms with Crippen LogP contribution in [0.5, 0.6) is 0 Å². The number of benzene rings is 1. The zero-order chi connectivity index (χ0) is 18.6. The summed E-state index contributed by atoms with van der Waals surface area (Å²) in [5.41, 5.74) is 0.460. The summed E-state index contributed by atoms with van der Waals surface area (Å²) in [6, 6.07) is 5.01. The number of halogens is 1. The molecule has 1 aliphatic rings. The fourth-order valence-electron chi connectivity index (χ4n) is 2.41. The maximum absolute atomic E-state index is 13.7. The Morgan fingerprint density at radius 1 is 1.40 bits per heavy atom. The summed E-state index contributed by atoms with van der Waals surface area (Å²) in [5.74, 6) is -2.47. The molecular weight excluding hydrogens is 347 g/mol. The van der Waals surface area contributed by atoms with Gasteiger partial charge < -0.3 is 15.7 Å². The molecule has 0 saturated carbocycles. The number of carbonyl (C=O) groups excluding carboxylic acids is 2. The number of carbonyl (C=O) groups is 3. The van der Waals surface area contributed by atoms with Crippen molar-refractivity contribution in [3.63, 3.8) is 0 Å².